The molecule has 27 heavy (non-hydrogen) atoms. The highest BCUT2D eigenvalue weighted by molar-refractivity contribution is 7.89. The summed E-state index contributed by atoms with van der Waals surface area (Å²) < 4.78 is 32.0. The van der Waals surface area contributed by atoms with E-state index in [1.165, 1.54) is 30.9 Å². The molecule has 0 saturated carbocycles. The third-order valence-corrected chi connectivity index (χ3v) is 6.02. The first-order chi connectivity index (χ1) is 12.7. The van der Waals surface area contributed by atoms with Crippen molar-refractivity contribution in [3.63, 3.8) is 0 Å². The summed E-state index contributed by atoms with van der Waals surface area (Å²) in [5.74, 6) is -0.193. The molecule has 0 atom stereocenters. The molecule has 0 radical (unpaired) electrons. The molecule has 0 saturated heterocycles. The van der Waals surface area contributed by atoms with Gasteiger partial charge in [0.2, 0.25) is 10.0 Å². The van der Waals surface area contributed by atoms with Gasteiger partial charge >= 0.3 is 5.97 Å². The molecule has 0 aliphatic heterocycles. The van der Waals surface area contributed by atoms with Crippen LogP contribution in [0.15, 0.2) is 47.4 Å². The molecule has 1 N–H and O–H groups in total. The Morgan fingerprint density at radius 2 is 1.81 bits per heavy atom. The predicted octanol–water partition coefficient (Wildman–Crippen LogP) is 4.16. The maximum atomic E-state index is 12.4. The lowest BCUT2D eigenvalue weighted by molar-refractivity contribution is 0.0600. The highest BCUT2D eigenvalue weighted by atomic mass is 35.5. The van der Waals surface area contributed by atoms with Crippen molar-refractivity contribution in [3.05, 3.63) is 64.2 Å². The summed E-state index contributed by atoms with van der Waals surface area (Å²) in [6.07, 6.45) is 1.44. The summed E-state index contributed by atoms with van der Waals surface area (Å²) in [5, 5.41) is 0.144. The van der Waals surface area contributed by atoms with Gasteiger partial charge in [-0.2, -0.15) is 0 Å². The fourth-order valence-electron chi connectivity index (χ4n) is 2.59. The van der Waals surface area contributed by atoms with E-state index in [2.05, 4.69) is 47.6 Å². The summed E-state index contributed by atoms with van der Waals surface area (Å²) in [4.78, 5) is 11.7. The molecule has 2 rings (SSSR count). The molecule has 0 unspecified atom stereocenters. The second-order valence-electron chi connectivity index (χ2n) is 6.53. The van der Waals surface area contributed by atoms with Crippen molar-refractivity contribution in [1.82, 2.24) is 4.72 Å². The summed E-state index contributed by atoms with van der Waals surface area (Å²) in [6, 6.07) is 12.3. The van der Waals surface area contributed by atoms with Gasteiger partial charge in [0.1, 0.15) is 0 Å². The standard InChI is InChI=1S/C20H24ClNO4S/c1-14(2)16-8-6-15(7-9-16)5-4-12-22-27(24,25)17-10-11-19(21)18(13-17)20(23)26-3/h6-11,13-14,22H,4-5,12H2,1-3H3. The Labute approximate surface area is 165 Å². The van der Waals surface area contributed by atoms with Gasteiger partial charge in [0.05, 0.1) is 22.6 Å². The largest absolute Gasteiger partial charge is 0.465 e. The zero-order valence-corrected chi connectivity index (χ0v) is 17.2. The predicted molar refractivity (Wildman–Crippen MR) is 107 cm³/mol. The molecular formula is C20H24ClNO4S. The van der Waals surface area contributed by atoms with E-state index >= 15 is 0 Å². The molecule has 0 bridgehead atoms. The third kappa shape index (κ3) is 5.79. The first-order valence-corrected chi connectivity index (χ1v) is 10.6. The first kappa shape index (κ1) is 21.4. The Morgan fingerprint density at radius 1 is 1.15 bits per heavy atom. The van der Waals surface area contributed by atoms with Gasteiger partial charge in [-0.05, 0) is 48.1 Å². The lowest BCUT2D eigenvalue weighted by Gasteiger charge is -2.10. The molecule has 0 fully saturated rings. The SMILES string of the molecule is COC(=O)c1cc(S(=O)(=O)NCCCc2ccc(C(C)C)cc2)ccc1Cl. The minimum Gasteiger partial charge on any atom is -0.465 e. The van der Waals surface area contributed by atoms with Gasteiger partial charge in [0, 0.05) is 6.54 Å². The number of benzene rings is 2. The van der Waals surface area contributed by atoms with E-state index < -0.39 is 16.0 Å². The first-order valence-electron chi connectivity index (χ1n) is 8.71. The minimum atomic E-state index is -3.73. The van der Waals surface area contributed by atoms with Crippen LogP contribution < -0.4 is 4.72 Å². The fraction of sp³-hybridized carbons (Fsp3) is 0.350. The maximum Gasteiger partial charge on any atom is 0.339 e. The molecular weight excluding hydrogens is 386 g/mol. The summed E-state index contributed by atoms with van der Waals surface area (Å²) in [5.41, 5.74) is 2.47. The number of nitrogens with one attached hydrogen (secondary N) is 1. The van der Waals surface area contributed by atoms with Crippen LogP contribution in [0, 0.1) is 0 Å². The topological polar surface area (TPSA) is 72.5 Å². The number of carbonyl (C=O) groups excluding carboxylic acids is 1. The highest BCUT2D eigenvalue weighted by Gasteiger charge is 2.18. The van der Waals surface area contributed by atoms with Gasteiger partial charge < -0.3 is 4.74 Å². The summed E-state index contributed by atoms with van der Waals surface area (Å²) in [6.45, 7) is 4.59. The smallest absolute Gasteiger partial charge is 0.339 e. The van der Waals surface area contributed by atoms with Crippen molar-refractivity contribution in [1.29, 1.82) is 0 Å². The van der Waals surface area contributed by atoms with Crippen molar-refractivity contribution in [2.75, 3.05) is 13.7 Å². The molecule has 2 aromatic carbocycles. The number of hydrogen-bond acceptors (Lipinski definition) is 4. The molecule has 0 heterocycles. The van der Waals surface area contributed by atoms with Crippen molar-refractivity contribution in [2.24, 2.45) is 0 Å². The van der Waals surface area contributed by atoms with Crippen molar-refractivity contribution in [3.8, 4) is 0 Å². The highest BCUT2D eigenvalue weighted by Crippen LogP contribution is 2.21. The zero-order chi connectivity index (χ0) is 20.0. The van der Waals surface area contributed by atoms with Gasteiger partial charge in [0.15, 0.2) is 0 Å². The van der Waals surface area contributed by atoms with E-state index in [9.17, 15) is 13.2 Å². The second kappa shape index (κ2) is 9.35. The number of esters is 1. The number of ether oxygens (including phenoxy) is 1. The Hall–Kier alpha value is -1.89. The number of hydrogen-bond donors (Lipinski definition) is 1. The lowest BCUT2D eigenvalue weighted by Crippen LogP contribution is -2.25. The second-order valence-corrected chi connectivity index (χ2v) is 8.70. The van der Waals surface area contributed by atoms with Crippen LogP contribution in [0.1, 0.15) is 47.7 Å². The number of rotatable bonds is 8. The monoisotopic (exact) mass is 409 g/mol. The van der Waals surface area contributed by atoms with Crippen molar-refractivity contribution < 1.29 is 17.9 Å². The number of methoxy groups -OCH3 is 1. The lowest BCUT2D eigenvalue weighted by atomic mass is 10.0. The Bertz CT molecular complexity index is 893. The third-order valence-electron chi connectivity index (χ3n) is 4.23. The van der Waals surface area contributed by atoms with E-state index in [4.69, 9.17) is 11.6 Å². The van der Waals surface area contributed by atoms with Crippen LogP contribution in [0.5, 0.6) is 0 Å². The summed E-state index contributed by atoms with van der Waals surface area (Å²) in [7, 11) is -2.52. The quantitative estimate of drug-likeness (QED) is 0.524. The number of sulfonamides is 1. The maximum absolute atomic E-state index is 12.4. The van der Waals surface area contributed by atoms with Crippen LogP contribution in [0.4, 0.5) is 0 Å². The zero-order valence-electron chi connectivity index (χ0n) is 15.7. The normalized spacial score (nSPS) is 11.6. The van der Waals surface area contributed by atoms with Gasteiger partial charge in [-0.3, -0.25) is 0 Å². The molecule has 0 aromatic heterocycles. The Balaban J connectivity index is 1.96. The van der Waals surface area contributed by atoms with Gasteiger partial charge in [-0.25, -0.2) is 17.9 Å². The van der Waals surface area contributed by atoms with Crippen molar-refractivity contribution in [2.45, 2.75) is 37.5 Å². The molecule has 0 aliphatic rings. The van der Waals surface area contributed by atoms with E-state index in [1.54, 1.807) is 0 Å². The molecule has 7 heteroatoms. The van der Waals surface area contributed by atoms with Crippen LogP contribution in [-0.2, 0) is 21.2 Å². The van der Waals surface area contributed by atoms with Crippen LogP contribution in [-0.4, -0.2) is 28.0 Å². The van der Waals surface area contributed by atoms with E-state index in [-0.39, 0.29) is 15.5 Å². The average molecular weight is 410 g/mol. The van der Waals surface area contributed by atoms with Crippen LogP contribution in [0.2, 0.25) is 5.02 Å². The average Bonchev–Trinajstić information content (AvgIpc) is 2.65. The van der Waals surface area contributed by atoms with E-state index in [0.717, 1.165) is 12.0 Å². The Kier molecular flexibility index (Phi) is 7.41. The van der Waals surface area contributed by atoms with Crippen molar-refractivity contribution >= 4 is 27.6 Å². The molecule has 0 aliphatic carbocycles. The van der Waals surface area contributed by atoms with Crippen LogP contribution in [0.25, 0.3) is 0 Å². The fourth-order valence-corrected chi connectivity index (χ4v) is 3.88. The van der Waals surface area contributed by atoms with Crippen LogP contribution in [0.3, 0.4) is 0 Å². The van der Waals surface area contributed by atoms with Gasteiger partial charge in [-0.1, -0.05) is 49.7 Å². The molecule has 2 aromatic rings. The number of aryl methyl sites for hydroxylation is 1. The van der Waals surface area contributed by atoms with Gasteiger partial charge in [0.25, 0.3) is 0 Å². The summed E-state index contributed by atoms with van der Waals surface area (Å²) >= 11 is 5.93. The number of carbonyl (C=O) groups is 1. The Morgan fingerprint density at radius 3 is 2.41 bits per heavy atom. The minimum absolute atomic E-state index is 0.0198. The van der Waals surface area contributed by atoms with Gasteiger partial charge in [-0.15, -0.1) is 0 Å². The van der Waals surface area contributed by atoms with E-state index in [1.807, 2.05) is 0 Å². The molecule has 0 spiro atoms. The van der Waals surface area contributed by atoms with Crippen LogP contribution >= 0.6 is 11.6 Å². The molecule has 146 valence electrons. The molecule has 5 nitrogen and oxygen atoms in total. The van der Waals surface area contributed by atoms with E-state index in [0.29, 0.717) is 18.9 Å². The molecule has 0 amide bonds. The number of halogens is 1.